The Balaban J connectivity index is 0. The molecule has 0 aliphatic carbocycles. The Hall–Kier alpha value is 0.910. The van der Waals surface area contributed by atoms with Crippen molar-refractivity contribution < 1.29 is 17.0 Å². The number of rotatable bonds is 46. The second kappa shape index (κ2) is 48.1. The minimum Gasteiger partial charge on any atom is -1.00 e. The molecule has 0 saturated heterocycles. The Morgan fingerprint density at radius 2 is 0.308 bits per heavy atom. The zero-order chi connectivity index (χ0) is 37.0. The van der Waals surface area contributed by atoms with Gasteiger partial charge in [-0.25, -0.2) is 0 Å². The quantitative estimate of drug-likeness (QED) is 0.0424. The second-order valence-electron chi connectivity index (χ2n) is 18.6. The molecule has 0 atom stereocenters. The summed E-state index contributed by atoms with van der Waals surface area (Å²) in [5, 5.41) is 0. The van der Waals surface area contributed by atoms with E-state index in [0.717, 1.165) is 0 Å². The molecule has 0 aromatic heterocycles. The van der Waals surface area contributed by atoms with Gasteiger partial charge >= 0.3 is 0 Å². The van der Waals surface area contributed by atoms with Gasteiger partial charge in [-0.15, -0.1) is 0 Å². The highest BCUT2D eigenvalue weighted by Crippen LogP contribution is 2.47. The van der Waals surface area contributed by atoms with Gasteiger partial charge in [0.05, 0.1) is 6.16 Å². The zero-order valence-electron chi connectivity index (χ0n) is 37.4. The van der Waals surface area contributed by atoms with Gasteiger partial charge in [-0.2, -0.15) is 0 Å². The Kier molecular flexibility index (Phi) is 50.8. The van der Waals surface area contributed by atoms with Crippen molar-refractivity contribution in [2.45, 2.75) is 296 Å². The monoisotopic (exact) mass is 815 g/mol. The van der Waals surface area contributed by atoms with Crippen molar-refractivity contribution in [1.29, 1.82) is 0 Å². The van der Waals surface area contributed by atoms with Crippen LogP contribution in [0.4, 0.5) is 0 Å². The lowest BCUT2D eigenvalue weighted by Gasteiger charge is -2.10. The van der Waals surface area contributed by atoms with Crippen molar-refractivity contribution in [2.24, 2.45) is 0 Å². The first-order valence-electron chi connectivity index (χ1n) is 24.9. The molecule has 52 heavy (non-hydrogen) atoms. The van der Waals surface area contributed by atoms with E-state index in [-0.39, 0.29) is 17.0 Å². The zero-order valence-corrected chi connectivity index (χ0v) is 39.8. The first-order valence-corrected chi connectivity index (χ1v) is 28.2. The predicted octanol–water partition coefficient (Wildman–Crippen LogP) is 16.5. The van der Waals surface area contributed by atoms with Crippen LogP contribution >= 0.6 is 7.26 Å². The average Bonchev–Trinajstić information content (AvgIpc) is 3.11. The van der Waals surface area contributed by atoms with Crippen molar-refractivity contribution in [3.8, 4) is 0 Å². The molecule has 0 amide bonds. The third-order valence-electron chi connectivity index (χ3n) is 11.9. The molecular formula is C50H104BrP. The second-order valence-corrected chi connectivity index (χ2v) is 23.6. The Morgan fingerprint density at radius 3 is 0.423 bits per heavy atom. The maximum Gasteiger partial charge on any atom is 0.0586 e. The number of unbranched alkanes of at least 4 members (excludes halogenated alkanes) is 44. The molecule has 0 N–H and O–H groups in total. The van der Waals surface area contributed by atoms with E-state index in [4.69, 9.17) is 0 Å². The summed E-state index contributed by atoms with van der Waals surface area (Å²) in [5.41, 5.74) is 0. The highest BCUT2D eigenvalue weighted by Gasteiger charge is 2.15. The topological polar surface area (TPSA) is 0 Å². The van der Waals surface area contributed by atoms with Crippen molar-refractivity contribution in [3.63, 3.8) is 0 Å². The molecule has 0 radical (unpaired) electrons. The number of hydrogen-bond acceptors (Lipinski definition) is 0. The summed E-state index contributed by atoms with van der Waals surface area (Å²) >= 11 is 0. The van der Waals surface area contributed by atoms with Gasteiger partial charge in [0.15, 0.2) is 0 Å². The first kappa shape index (κ1) is 55.0. The molecule has 0 unspecified atom stereocenters. The van der Waals surface area contributed by atoms with Gasteiger partial charge in [0.1, 0.15) is 0 Å². The minimum atomic E-state index is -0.524. The molecule has 2 heteroatoms. The Morgan fingerprint density at radius 1 is 0.192 bits per heavy atom. The average molecular weight is 816 g/mol. The molecule has 0 heterocycles. The summed E-state index contributed by atoms with van der Waals surface area (Å²) in [6.45, 7) is 9.77. The molecule has 0 saturated carbocycles. The van der Waals surface area contributed by atoms with Crippen LogP contribution in [0.1, 0.15) is 296 Å². The van der Waals surface area contributed by atoms with Gasteiger partial charge in [0.25, 0.3) is 0 Å². The van der Waals surface area contributed by atoms with E-state index in [9.17, 15) is 0 Å². The summed E-state index contributed by atoms with van der Waals surface area (Å²) < 4.78 is 0. The minimum absolute atomic E-state index is 0. The van der Waals surface area contributed by atoms with E-state index in [1.165, 1.54) is 295 Å². The molecule has 0 rings (SSSR count). The van der Waals surface area contributed by atoms with Crippen molar-refractivity contribution in [3.05, 3.63) is 0 Å². The lowest BCUT2D eigenvalue weighted by molar-refractivity contribution is -0.0000116. The van der Waals surface area contributed by atoms with E-state index in [1.54, 1.807) is 0 Å². The first-order chi connectivity index (χ1) is 25.1. The molecule has 0 aromatic carbocycles. The maximum atomic E-state index is 2.49. The Bertz CT molecular complexity index is 598. The van der Waals surface area contributed by atoms with E-state index in [0.29, 0.717) is 0 Å². The third kappa shape index (κ3) is 53.0. The standard InChI is InChI=1S/C50H104P.BrH/c1-5-6-7-8-9-10-11-12-13-14-15-16-17-18-19-20-21-22-23-24-25-26-27-28-29-30-31-32-33-34-35-36-37-38-39-40-41-42-43-44-45-46-47-48-49-50-51(2,3)4;/h5-50H2,1-4H3;1H/q+1;/p-1. The van der Waals surface area contributed by atoms with Crippen LogP contribution < -0.4 is 17.0 Å². The van der Waals surface area contributed by atoms with Crippen LogP contribution in [-0.4, -0.2) is 26.2 Å². The number of hydrogen-bond donors (Lipinski definition) is 0. The predicted molar refractivity (Wildman–Crippen MR) is 243 cm³/mol. The van der Waals surface area contributed by atoms with E-state index >= 15 is 0 Å². The van der Waals surface area contributed by atoms with Crippen LogP contribution in [-0.2, 0) is 0 Å². The normalized spacial score (nSPS) is 11.8. The van der Waals surface area contributed by atoms with Crippen LogP contribution in [0, 0.1) is 0 Å². The van der Waals surface area contributed by atoms with E-state index in [2.05, 4.69) is 26.9 Å². The van der Waals surface area contributed by atoms with Gasteiger partial charge in [-0.05, 0) is 12.8 Å². The molecule has 0 nitrogen and oxygen atoms in total. The fourth-order valence-electron chi connectivity index (χ4n) is 8.26. The number of halogens is 1. The highest BCUT2D eigenvalue weighted by molar-refractivity contribution is 7.73. The third-order valence-corrected chi connectivity index (χ3v) is 13.6. The molecule has 0 fully saturated rings. The van der Waals surface area contributed by atoms with Crippen LogP contribution in [0.25, 0.3) is 0 Å². The molecule has 0 aliphatic rings. The van der Waals surface area contributed by atoms with Crippen LogP contribution in [0.2, 0.25) is 0 Å². The van der Waals surface area contributed by atoms with Crippen molar-refractivity contribution in [1.82, 2.24) is 0 Å². The van der Waals surface area contributed by atoms with Gasteiger partial charge in [-0.1, -0.05) is 283 Å². The fourth-order valence-corrected chi connectivity index (χ4v) is 9.43. The lowest BCUT2D eigenvalue weighted by atomic mass is 10.0. The van der Waals surface area contributed by atoms with Gasteiger partial charge in [0, 0.05) is 27.3 Å². The summed E-state index contributed by atoms with van der Waals surface area (Å²) in [6, 6.07) is 0. The molecule has 316 valence electrons. The van der Waals surface area contributed by atoms with Crippen molar-refractivity contribution >= 4 is 7.26 Å². The maximum absolute atomic E-state index is 2.49. The summed E-state index contributed by atoms with van der Waals surface area (Å²) in [6.07, 6.45) is 68.6. The van der Waals surface area contributed by atoms with E-state index in [1.807, 2.05) is 0 Å². The van der Waals surface area contributed by atoms with E-state index < -0.39 is 7.26 Å². The molecule has 0 spiro atoms. The molecule has 0 aromatic rings. The van der Waals surface area contributed by atoms with Gasteiger partial charge in [0.2, 0.25) is 0 Å². The van der Waals surface area contributed by atoms with Gasteiger partial charge in [-0.3, -0.25) is 0 Å². The van der Waals surface area contributed by atoms with Crippen molar-refractivity contribution in [2.75, 3.05) is 26.2 Å². The molecule has 0 bridgehead atoms. The molecule has 0 aliphatic heterocycles. The summed E-state index contributed by atoms with van der Waals surface area (Å²) in [7, 11) is -0.524. The highest BCUT2D eigenvalue weighted by atomic mass is 79.9. The smallest absolute Gasteiger partial charge is 0.0586 e. The fraction of sp³-hybridized carbons (Fsp3) is 1.00. The Labute approximate surface area is 344 Å². The summed E-state index contributed by atoms with van der Waals surface area (Å²) in [5.74, 6) is 0. The van der Waals surface area contributed by atoms with Gasteiger partial charge < -0.3 is 17.0 Å². The lowest BCUT2D eigenvalue weighted by Crippen LogP contribution is -3.00. The SMILES string of the molecule is CCCCCCCCCCCCCCCCCCCCCCCCCCCCCCCCCCCCCCCCCCCCCCC[P+](C)(C)C.[Br-]. The molecular weight excluding hydrogens is 711 g/mol. The summed E-state index contributed by atoms with van der Waals surface area (Å²) in [4.78, 5) is 0. The van der Waals surface area contributed by atoms with Crippen LogP contribution in [0.15, 0.2) is 0 Å². The van der Waals surface area contributed by atoms with Crippen LogP contribution in [0.5, 0.6) is 0 Å². The van der Waals surface area contributed by atoms with Crippen LogP contribution in [0.3, 0.4) is 0 Å². The largest absolute Gasteiger partial charge is 1.00 e.